The van der Waals surface area contributed by atoms with Gasteiger partial charge in [-0.05, 0) is 30.5 Å². The molecule has 7 heteroatoms. The lowest BCUT2D eigenvalue weighted by Crippen LogP contribution is -2.49. The van der Waals surface area contributed by atoms with E-state index in [0.717, 1.165) is 15.0 Å². The molecule has 0 aromatic heterocycles. The number of carbonyl (C=O) groups is 3. The molecule has 0 unspecified atom stereocenters. The van der Waals surface area contributed by atoms with E-state index >= 15 is 0 Å². The molecule has 22 heavy (non-hydrogen) atoms. The quantitative estimate of drug-likeness (QED) is 0.782. The number of hydrogen-bond acceptors (Lipinski definition) is 3. The van der Waals surface area contributed by atoms with Gasteiger partial charge < -0.3 is 5.32 Å². The number of hydrazine groups is 1. The third-order valence-electron chi connectivity index (χ3n) is 3.88. The third kappa shape index (κ3) is 3.14. The summed E-state index contributed by atoms with van der Waals surface area (Å²) in [5, 5.41) is 3.45. The van der Waals surface area contributed by atoms with Gasteiger partial charge in [-0.15, -0.1) is 0 Å². The summed E-state index contributed by atoms with van der Waals surface area (Å²) >= 11 is 3.32. The van der Waals surface area contributed by atoms with E-state index in [-0.39, 0.29) is 6.42 Å². The second-order valence-corrected chi connectivity index (χ2v) is 6.11. The molecule has 2 rings (SSSR count). The zero-order valence-corrected chi connectivity index (χ0v) is 14.1. The lowest BCUT2D eigenvalue weighted by molar-refractivity contribution is -0.139. The van der Waals surface area contributed by atoms with Crippen LogP contribution in [0.5, 0.6) is 0 Å². The van der Waals surface area contributed by atoms with Gasteiger partial charge in [-0.1, -0.05) is 41.9 Å². The molecule has 0 saturated carbocycles. The van der Waals surface area contributed by atoms with E-state index in [4.69, 9.17) is 0 Å². The Morgan fingerprint density at radius 2 is 1.82 bits per heavy atom. The summed E-state index contributed by atoms with van der Waals surface area (Å²) in [6, 6.07) is 6.68. The minimum Gasteiger partial charge on any atom is -0.322 e. The Morgan fingerprint density at radius 3 is 2.32 bits per heavy atom. The fourth-order valence-electron chi connectivity index (χ4n) is 2.40. The highest BCUT2D eigenvalue weighted by Gasteiger charge is 2.49. The average Bonchev–Trinajstić information content (AvgIpc) is 2.74. The first kappa shape index (κ1) is 16.5. The first-order valence-electron chi connectivity index (χ1n) is 7.12. The number of imide groups is 1. The molecule has 118 valence electrons. The Labute approximate surface area is 137 Å². The topological polar surface area (TPSA) is 78.5 Å². The van der Waals surface area contributed by atoms with E-state index in [1.54, 1.807) is 12.1 Å². The molecular weight excluding hydrogens is 350 g/mol. The number of benzene rings is 1. The lowest BCUT2D eigenvalue weighted by atomic mass is 9.93. The fraction of sp³-hybridized carbons (Fsp3) is 0.400. The van der Waals surface area contributed by atoms with Gasteiger partial charge >= 0.3 is 6.03 Å². The van der Waals surface area contributed by atoms with Crippen molar-refractivity contribution < 1.29 is 14.4 Å². The van der Waals surface area contributed by atoms with Gasteiger partial charge in [-0.25, -0.2) is 4.79 Å². The van der Waals surface area contributed by atoms with Crippen molar-refractivity contribution >= 4 is 33.8 Å². The Balaban J connectivity index is 2.04. The SMILES string of the molecule is CCC1(CC)NC(=O)N(NC(=O)Cc2ccc(Br)cc2)C1=O. The highest BCUT2D eigenvalue weighted by atomic mass is 79.9. The Bertz CT molecular complexity index is 597. The van der Waals surface area contributed by atoms with E-state index in [1.807, 2.05) is 26.0 Å². The summed E-state index contributed by atoms with van der Waals surface area (Å²) in [5.74, 6) is -0.819. The maximum Gasteiger partial charge on any atom is 0.344 e. The molecule has 1 heterocycles. The first-order chi connectivity index (χ1) is 10.4. The standard InChI is InChI=1S/C15H18BrN3O3/c1-3-15(4-2)13(21)19(14(22)17-15)18-12(20)9-10-5-7-11(16)8-6-10/h5-8H,3-4,9H2,1-2H3,(H,17,22)(H,18,20). The number of hydrogen-bond donors (Lipinski definition) is 2. The Hall–Kier alpha value is -1.89. The maximum absolute atomic E-state index is 12.4. The van der Waals surface area contributed by atoms with Crippen LogP contribution in [0.3, 0.4) is 0 Å². The summed E-state index contributed by atoms with van der Waals surface area (Å²) in [5.41, 5.74) is 2.27. The number of urea groups is 1. The normalized spacial score (nSPS) is 16.6. The molecule has 6 nitrogen and oxygen atoms in total. The van der Waals surface area contributed by atoms with Crippen molar-refractivity contribution in [2.45, 2.75) is 38.6 Å². The van der Waals surface area contributed by atoms with Crippen molar-refractivity contribution in [3.8, 4) is 0 Å². The third-order valence-corrected chi connectivity index (χ3v) is 4.41. The van der Waals surface area contributed by atoms with Crippen LogP contribution in [-0.4, -0.2) is 28.4 Å². The minimum absolute atomic E-state index is 0.0928. The molecule has 0 spiro atoms. The number of amides is 4. The van der Waals surface area contributed by atoms with Gasteiger partial charge in [0.2, 0.25) is 5.91 Å². The van der Waals surface area contributed by atoms with E-state index in [2.05, 4.69) is 26.7 Å². The molecule has 1 aromatic carbocycles. The number of nitrogens with zero attached hydrogens (tertiary/aromatic N) is 1. The fourth-order valence-corrected chi connectivity index (χ4v) is 2.67. The lowest BCUT2D eigenvalue weighted by Gasteiger charge is -2.22. The number of carbonyl (C=O) groups excluding carboxylic acids is 3. The van der Waals surface area contributed by atoms with Gasteiger partial charge in [-0.3, -0.25) is 15.0 Å². The molecule has 0 radical (unpaired) electrons. The Kier molecular flexibility index (Phi) is 4.85. The van der Waals surface area contributed by atoms with Gasteiger partial charge in [0, 0.05) is 4.47 Å². The van der Waals surface area contributed by atoms with Crippen molar-refractivity contribution in [1.29, 1.82) is 0 Å². The molecule has 1 aromatic rings. The summed E-state index contributed by atoms with van der Waals surface area (Å²) in [6.45, 7) is 3.66. The second-order valence-electron chi connectivity index (χ2n) is 5.20. The molecule has 0 atom stereocenters. The minimum atomic E-state index is -0.915. The molecule has 1 saturated heterocycles. The monoisotopic (exact) mass is 367 g/mol. The van der Waals surface area contributed by atoms with Crippen LogP contribution in [0, 0.1) is 0 Å². The molecule has 1 aliphatic heterocycles. The van der Waals surface area contributed by atoms with Gasteiger partial charge in [0.1, 0.15) is 5.54 Å². The number of rotatable bonds is 5. The molecule has 2 N–H and O–H groups in total. The van der Waals surface area contributed by atoms with Crippen molar-refractivity contribution in [2.75, 3.05) is 0 Å². The maximum atomic E-state index is 12.4. The smallest absolute Gasteiger partial charge is 0.322 e. The second kappa shape index (κ2) is 6.48. The summed E-state index contributed by atoms with van der Waals surface area (Å²) in [6.07, 6.45) is 1.05. The van der Waals surface area contributed by atoms with E-state index in [9.17, 15) is 14.4 Å². The molecule has 1 fully saturated rings. The largest absolute Gasteiger partial charge is 0.344 e. The van der Waals surface area contributed by atoms with Gasteiger partial charge in [0.15, 0.2) is 0 Å². The van der Waals surface area contributed by atoms with Crippen LogP contribution in [0.25, 0.3) is 0 Å². The predicted molar refractivity (Wildman–Crippen MR) is 84.7 cm³/mol. The van der Waals surface area contributed by atoms with Crippen molar-refractivity contribution in [3.63, 3.8) is 0 Å². The summed E-state index contributed by atoms with van der Waals surface area (Å²) < 4.78 is 0.918. The van der Waals surface area contributed by atoms with Crippen LogP contribution in [0.4, 0.5) is 4.79 Å². The van der Waals surface area contributed by atoms with Gasteiger partial charge in [0.25, 0.3) is 5.91 Å². The molecular formula is C15H18BrN3O3. The zero-order valence-electron chi connectivity index (χ0n) is 12.5. The molecule has 4 amide bonds. The molecule has 1 aliphatic rings. The number of halogens is 1. The average molecular weight is 368 g/mol. The highest BCUT2D eigenvalue weighted by molar-refractivity contribution is 9.10. The van der Waals surface area contributed by atoms with Crippen molar-refractivity contribution in [3.05, 3.63) is 34.3 Å². The van der Waals surface area contributed by atoms with Crippen LogP contribution in [0.15, 0.2) is 28.7 Å². The molecule has 0 bridgehead atoms. The predicted octanol–water partition coefficient (Wildman–Crippen LogP) is 2.13. The van der Waals surface area contributed by atoms with Crippen LogP contribution >= 0.6 is 15.9 Å². The first-order valence-corrected chi connectivity index (χ1v) is 7.91. The van der Waals surface area contributed by atoms with Gasteiger partial charge in [-0.2, -0.15) is 5.01 Å². The van der Waals surface area contributed by atoms with Crippen LogP contribution in [0.2, 0.25) is 0 Å². The zero-order chi connectivity index (χ0) is 16.3. The van der Waals surface area contributed by atoms with Crippen LogP contribution in [0.1, 0.15) is 32.3 Å². The van der Waals surface area contributed by atoms with Crippen molar-refractivity contribution in [1.82, 2.24) is 15.8 Å². The highest BCUT2D eigenvalue weighted by Crippen LogP contribution is 2.23. The van der Waals surface area contributed by atoms with Gasteiger partial charge in [0.05, 0.1) is 6.42 Å². The van der Waals surface area contributed by atoms with E-state index in [1.165, 1.54) is 0 Å². The van der Waals surface area contributed by atoms with E-state index < -0.39 is 23.4 Å². The van der Waals surface area contributed by atoms with Crippen LogP contribution in [-0.2, 0) is 16.0 Å². The number of nitrogens with one attached hydrogen (secondary N) is 2. The van der Waals surface area contributed by atoms with Crippen LogP contribution < -0.4 is 10.7 Å². The molecule has 0 aliphatic carbocycles. The van der Waals surface area contributed by atoms with Crippen molar-refractivity contribution in [2.24, 2.45) is 0 Å². The Morgan fingerprint density at radius 1 is 1.23 bits per heavy atom. The summed E-state index contributed by atoms with van der Waals surface area (Å²) in [7, 11) is 0. The summed E-state index contributed by atoms with van der Waals surface area (Å²) in [4.78, 5) is 36.3. The van der Waals surface area contributed by atoms with E-state index in [0.29, 0.717) is 12.8 Å².